The lowest BCUT2D eigenvalue weighted by Crippen LogP contribution is -2.10. The van der Waals surface area contributed by atoms with E-state index >= 15 is 0 Å². The molecule has 0 atom stereocenters. The molecule has 4 heteroatoms. The molecule has 0 N–H and O–H groups in total. The van der Waals surface area contributed by atoms with Gasteiger partial charge in [-0.2, -0.15) is 0 Å². The fraction of sp³-hybridized carbons (Fsp3) is 0.250. The van der Waals surface area contributed by atoms with Gasteiger partial charge in [-0.1, -0.05) is 0 Å². The van der Waals surface area contributed by atoms with Gasteiger partial charge in [0.15, 0.2) is 0 Å². The fourth-order valence-electron chi connectivity index (χ4n) is 0.430. The summed E-state index contributed by atoms with van der Waals surface area (Å²) in [4.78, 5) is 13.5. The highest BCUT2D eigenvalue weighted by atomic mass is 16.3. The average molecular weight is 111 g/mol. The van der Waals surface area contributed by atoms with Crippen molar-refractivity contribution in [2.45, 2.75) is 0 Å². The zero-order chi connectivity index (χ0) is 5.82. The van der Waals surface area contributed by atoms with Crippen LogP contribution >= 0.6 is 0 Å². The highest BCUT2D eigenvalue weighted by molar-refractivity contribution is 5.71. The van der Waals surface area contributed by atoms with Gasteiger partial charge in [-0.3, -0.25) is 4.99 Å². The van der Waals surface area contributed by atoms with E-state index in [0.29, 0.717) is 6.67 Å². The van der Waals surface area contributed by atoms with Crippen LogP contribution in [-0.4, -0.2) is 17.9 Å². The van der Waals surface area contributed by atoms with Crippen LogP contribution in [0.25, 0.3) is 0 Å². The van der Waals surface area contributed by atoms with Crippen molar-refractivity contribution in [1.29, 1.82) is 0 Å². The van der Waals surface area contributed by atoms with Gasteiger partial charge in [-0.25, -0.2) is 5.01 Å². The SMILES string of the molecule is O=NN1C=CC=NC1. The molecule has 0 aliphatic carbocycles. The highest BCUT2D eigenvalue weighted by Gasteiger charge is 1.94. The molecule has 0 saturated carbocycles. The van der Waals surface area contributed by atoms with Crippen LogP contribution in [0.4, 0.5) is 0 Å². The van der Waals surface area contributed by atoms with Gasteiger partial charge in [0.25, 0.3) is 0 Å². The van der Waals surface area contributed by atoms with Crippen LogP contribution in [0.15, 0.2) is 22.6 Å². The van der Waals surface area contributed by atoms with Crippen molar-refractivity contribution in [3.63, 3.8) is 0 Å². The molecule has 0 bridgehead atoms. The molecule has 0 radical (unpaired) electrons. The molecule has 1 aliphatic rings. The molecule has 0 spiro atoms. The minimum atomic E-state index is 0.347. The maximum Gasteiger partial charge on any atom is 0.134 e. The number of hydrogen-bond acceptors (Lipinski definition) is 3. The lowest BCUT2D eigenvalue weighted by molar-refractivity contribution is 0.405. The Hall–Kier alpha value is -1.19. The van der Waals surface area contributed by atoms with E-state index in [1.54, 1.807) is 18.5 Å². The number of nitroso groups, excluding NO2 is 1. The van der Waals surface area contributed by atoms with Crippen molar-refractivity contribution in [2.75, 3.05) is 6.67 Å². The third kappa shape index (κ3) is 0.900. The molecular formula is C4H5N3O. The Kier molecular flexibility index (Phi) is 1.37. The van der Waals surface area contributed by atoms with Gasteiger partial charge in [0.2, 0.25) is 0 Å². The van der Waals surface area contributed by atoms with Gasteiger partial charge in [0, 0.05) is 12.4 Å². The van der Waals surface area contributed by atoms with E-state index in [9.17, 15) is 4.91 Å². The van der Waals surface area contributed by atoms with Crippen molar-refractivity contribution in [1.82, 2.24) is 5.01 Å². The molecule has 0 aromatic carbocycles. The third-order valence-corrected chi connectivity index (χ3v) is 0.781. The zero-order valence-corrected chi connectivity index (χ0v) is 4.19. The molecule has 0 amide bonds. The molecule has 4 nitrogen and oxygen atoms in total. The van der Waals surface area contributed by atoms with E-state index in [1.165, 1.54) is 5.01 Å². The monoisotopic (exact) mass is 111 g/mol. The summed E-state index contributed by atoms with van der Waals surface area (Å²) in [5.41, 5.74) is 0. The molecular weight excluding hydrogens is 106 g/mol. The Bertz CT molecular complexity index is 140. The summed E-state index contributed by atoms with van der Waals surface area (Å²) in [6.45, 7) is 0.347. The van der Waals surface area contributed by atoms with Crippen molar-refractivity contribution in [2.24, 2.45) is 10.3 Å². The molecule has 0 fully saturated rings. The third-order valence-electron chi connectivity index (χ3n) is 0.781. The van der Waals surface area contributed by atoms with Gasteiger partial charge >= 0.3 is 0 Å². The van der Waals surface area contributed by atoms with E-state index < -0.39 is 0 Å². The summed E-state index contributed by atoms with van der Waals surface area (Å²) in [7, 11) is 0. The Morgan fingerprint density at radius 3 is 3.00 bits per heavy atom. The lowest BCUT2D eigenvalue weighted by Gasteiger charge is -2.06. The molecule has 1 rings (SSSR count). The van der Waals surface area contributed by atoms with E-state index in [0.717, 1.165) is 0 Å². The van der Waals surface area contributed by atoms with E-state index in [-0.39, 0.29) is 0 Å². The lowest BCUT2D eigenvalue weighted by atomic mass is 10.6. The number of hydrogen-bond donors (Lipinski definition) is 0. The van der Waals surface area contributed by atoms with Crippen molar-refractivity contribution < 1.29 is 0 Å². The predicted octanol–water partition coefficient (Wildman–Crippen LogP) is 0.525. The first kappa shape index (κ1) is 4.96. The van der Waals surface area contributed by atoms with E-state index in [1.807, 2.05) is 0 Å². The summed E-state index contributed by atoms with van der Waals surface area (Å²) in [6, 6.07) is 0. The number of rotatable bonds is 1. The van der Waals surface area contributed by atoms with Crippen molar-refractivity contribution in [3.05, 3.63) is 17.2 Å². The molecule has 1 heterocycles. The normalized spacial score (nSPS) is 16.8. The highest BCUT2D eigenvalue weighted by Crippen LogP contribution is 1.93. The minimum Gasteiger partial charge on any atom is -0.270 e. The second-order valence-electron chi connectivity index (χ2n) is 1.34. The summed E-state index contributed by atoms with van der Waals surface area (Å²) < 4.78 is 0. The number of nitrogens with zero attached hydrogens (tertiary/aromatic N) is 3. The largest absolute Gasteiger partial charge is 0.270 e. The number of allylic oxidation sites excluding steroid dienone is 1. The summed E-state index contributed by atoms with van der Waals surface area (Å²) >= 11 is 0. The maximum atomic E-state index is 9.71. The first-order valence-corrected chi connectivity index (χ1v) is 2.20. The maximum absolute atomic E-state index is 9.71. The van der Waals surface area contributed by atoms with Crippen LogP contribution in [-0.2, 0) is 0 Å². The van der Waals surface area contributed by atoms with Crippen LogP contribution < -0.4 is 0 Å². The summed E-state index contributed by atoms with van der Waals surface area (Å²) in [6.07, 6.45) is 4.85. The fourth-order valence-corrected chi connectivity index (χ4v) is 0.430. The first-order valence-electron chi connectivity index (χ1n) is 2.20. The number of aliphatic imine (C=N–C) groups is 1. The van der Waals surface area contributed by atoms with E-state index in [4.69, 9.17) is 0 Å². The second-order valence-corrected chi connectivity index (χ2v) is 1.34. The Labute approximate surface area is 46.5 Å². The molecule has 42 valence electrons. The van der Waals surface area contributed by atoms with Gasteiger partial charge in [0.1, 0.15) is 6.67 Å². The Morgan fingerprint density at radius 1 is 1.75 bits per heavy atom. The van der Waals surface area contributed by atoms with Gasteiger partial charge in [-0.05, 0) is 6.08 Å². The average Bonchev–Trinajstić information content (AvgIpc) is 1.90. The van der Waals surface area contributed by atoms with Gasteiger partial charge in [-0.15, -0.1) is 4.91 Å². The molecule has 8 heavy (non-hydrogen) atoms. The van der Waals surface area contributed by atoms with E-state index in [2.05, 4.69) is 10.3 Å². The van der Waals surface area contributed by atoms with Crippen LogP contribution in [0.5, 0.6) is 0 Å². The van der Waals surface area contributed by atoms with Crippen LogP contribution in [0.1, 0.15) is 0 Å². The molecule has 1 aliphatic heterocycles. The Morgan fingerprint density at radius 2 is 2.62 bits per heavy atom. The minimum absolute atomic E-state index is 0.347. The van der Waals surface area contributed by atoms with Crippen LogP contribution in [0.2, 0.25) is 0 Å². The molecule has 0 aromatic rings. The zero-order valence-electron chi connectivity index (χ0n) is 4.19. The topological polar surface area (TPSA) is 45.0 Å². The van der Waals surface area contributed by atoms with Crippen molar-refractivity contribution >= 4 is 6.21 Å². The molecule has 0 aromatic heterocycles. The van der Waals surface area contributed by atoms with Crippen LogP contribution in [0.3, 0.4) is 0 Å². The van der Waals surface area contributed by atoms with Crippen molar-refractivity contribution in [3.8, 4) is 0 Å². The van der Waals surface area contributed by atoms with Crippen LogP contribution in [0, 0.1) is 4.91 Å². The van der Waals surface area contributed by atoms with Gasteiger partial charge in [0.05, 0.1) is 5.29 Å². The molecule has 0 unspecified atom stereocenters. The smallest absolute Gasteiger partial charge is 0.134 e. The van der Waals surface area contributed by atoms with Gasteiger partial charge < -0.3 is 0 Å². The molecule has 0 saturated heterocycles. The Balaban J connectivity index is 2.51. The standard InChI is InChI=1S/C4H5N3O/c8-6-7-3-1-2-5-4-7/h1-3H,4H2. The quantitative estimate of drug-likeness (QED) is 0.463. The first-order chi connectivity index (χ1) is 3.93. The summed E-state index contributed by atoms with van der Waals surface area (Å²) in [5.74, 6) is 0. The second kappa shape index (κ2) is 2.20. The predicted molar refractivity (Wildman–Crippen MR) is 30.1 cm³/mol. The summed E-state index contributed by atoms with van der Waals surface area (Å²) in [5, 5.41) is 3.84.